The van der Waals surface area contributed by atoms with Crippen molar-refractivity contribution in [3.05, 3.63) is 29.8 Å². The van der Waals surface area contributed by atoms with Gasteiger partial charge in [0.2, 0.25) is 6.08 Å². The van der Waals surface area contributed by atoms with Crippen LogP contribution in [0.2, 0.25) is 0 Å². The van der Waals surface area contributed by atoms with Crippen LogP contribution in [0.5, 0.6) is 5.75 Å². The number of hydrogen-bond acceptors (Lipinski definition) is 5. The summed E-state index contributed by atoms with van der Waals surface area (Å²) in [6.07, 6.45) is 1.40. The molecule has 5 nitrogen and oxygen atoms in total. The molecule has 0 spiro atoms. The molecule has 0 aliphatic heterocycles. The summed E-state index contributed by atoms with van der Waals surface area (Å²) in [5.41, 5.74) is 2.44. The molecule has 0 saturated carbocycles. The Morgan fingerprint density at radius 3 is 2.94 bits per heavy atom. The van der Waals surface area contributed by atoms with Crippen molar-refractivity contribution in [2.75, 3.05) is 7.11 Å². The van der Waals surface area contributed by atoms with Crippen LogP contribution in [0.1, 0.15) is 5.56 Å². The Kier molecular flexibility index (Phi) is 3.03. The van der Waals surface area contributed by atoms with Gasteiger partial charge in [-0.25, -0.2) is 4.79 Å². The van der Waals surface area contributed by atoms with Gasteiger partial charge in [0.1, 0.15) is 11.4 Å². The fraction of sp³-hybridized carbons (Fsp3) is 0.167. The molecular formula is C12H10N2O3. The number of nitrogens with zero attached hydrogens (tertiary/aromatic N) is 2. The van der Waals surface area contributed by atoms with Gasteiger partial charge in [-0.3, -0.25) is 0 Å². The highest BCUT2D eigenvalue weighted by Crippen LogP contribution is 2.31. The highest BCUT2D eigenvalue weighted by molar-refractivity contribution is 5.69. The van der Waals surface area contributed by atoms with Gasteiger partial charge < -0.3 is 9.26 Å². The monoisotopic (exact) mass is 230 g/mol. The molecule has 2 rings (SSSR count). The summed E-state index contributed by atoms with van der Waals surface area (Å²) in [5.74, 6) is 0.817. The maximum Gasteiger partial charge on any atom is 0.261 e. The topological polar surface area (TPSA) is 64.7 Å². The molecule has 0 radical (unpaired) electrons. The number of aromatic nitrogens is 1. The van der Waals surface area contributed by atoms with Crippen LogP contribution < -0.4 is 4.74 Å². The summed E-state index contributed by atoms with van der Waals surface area (Å²) in [6, 6.07) is 7.26. The minimum absolute atomic E-state index is 0.123. The molecule has 0 fully saturated rings. The van der Waals surface area contributed by atoms with E-state index in [0.29, 0.717) is 11.4 Å². The van der Waals surface area contributed by atoms with Crippen molar-refractivity contribution >= 4 is 12.0 Å². The third-order valence-corrected chi connectivity index (χ3v) is 2.29. The summed E-state index contributed by atoms with van der Waals surface area (Å²) in [5, 5.41) is 3.82. The Labute approximate surface area is 97.7 Å². The number of rotatable bonds is 3. The normalized spacial score (nSPS) is 9.76. The average molecular weight is 230 g/mol. The van der Waals surface area contributed by atoms with Crippen LogP contribution in [0.3, 0.4) is 0 Å². The highest BCUT2D eigenvalue weighted by Gasteiger charge is 2.11. The standard InChI is InChI=1S/C12H10N2O3/c1-8-3-4-9(11(5-8)16-2)10-6-12(13-7-15)17-14-10/h3-6H,1-2H3. The maximum absolute atomic E-state index is 10.1. The highest BCUT2D eigenvalue weighted by atomic mass is 16.5. The molecule has 17 heavy (non-hydrogen) atoms. The van der Waals surface area contributed by atoms with E-state index < -0.39 is 0 Å². The Morgan fingerprint density at radius 1 is 1.41 bits per heavy atom. The first-order valence-corrected chi connectivity index (χ1v) is 4.94. The lowest BCUT2D eigenvalue weighted by molar-refractivity contribution is 0.413. The SMILES string of the molecule is COc1cc(C)ccc1-c1cc(N=C=O)on1. The first-order chi connectivity index (χ1) is 8.24. The predicted molar refractivity (Wildman–Crippen MR) is 61.0 cm³/mol. The molecule has 2 aromatic rings. The van der Waals surface area contributed by atoms with Crippen LogP contribution in [-0.2, 0) is 4.79 Å². The predicted octanol–water partition coefficient (Wildman–Crippen LogP) is 2.63. The number of aliphatic imine (C=N–C) groups is 1. The average Bonchev–Trinajstić information content (AvgIpc) is 2.78. The van der Waals surface area contributed by atoms with Crippen LogP contribution in [0.15, 0.2) is 33.8 Å². The lowest BCUT2D eigenvalue weighted by Crippen LogP contribution is -1.88. The van der Waals surface area contributed by atoms with Gasteiger partial charge in [0.05, 0.1) is 7.11 Å². The lowest BCUT2D eigenvalue weighted by atomic mass is 10.1. The van der Waals surface area contributed by atoms with Gasteiger partial charge in [-0.2, -0.15) is 0 Å². The van der Waals surface area contributed by atoms with Gasteiger partial charge in [-0.05, 0) is 24.6 Å². The number of methoxy groups -OCH3 is 1. The van der Waals surface area contributed by atoms with Gasteiger partial charge in [-0.1, -0.05) is 11.2 Å². The van der Waals surface area contributed by atoms with Crippen LogP contribution in [0, 0.1) is 6.92 Å². The van der Waals surface area contributed by atoms with E-state index in [1.165, 1.54) is 6.08 Å². The lowest BCUT2D eigenvalue weighted by Gasteiger charge is -2.06. The van der Waals surface area contributed by atoms with Crippen LogP contribution >= 0.6 is 0 Å². The fourth-order valence-electron chi connectivity index (χ4n) is 1.50. The third-order valence-electron chi connectivity index (χ3n) is 2.29. The number of ether oxygens (including phenoxy) is 1. The molecule has 0 aliphatic carbocycles. The molecule has 0 bridgehead atoms. The van der Waals surface area contributed by atoms with Crippen molar-refractivity contribution in [3.63, 3.8) is 0 Å². The van der Waals surface area contributed by atoms with Crippen molar-refractivity contribution in [1.82, 2.24) is 5.16 Å². The van der Waals surface area contributed by atoms with E-state index in [1.54, 1.807) is 13.2 Å². The third kappa shape index (κ3) is 2.24. The molecule has 0 amide bonds. The molecule has 0 unspecified atom stereocenters. The molecule has 1 heterocycles. The van der Waals surface area contributed by atoms with E-state index in [0.717, 1.165) is 11.1 Å². The Hall–Kier alpha value is -2.39. The summed E-state index contributed by atoms with van der Waals surface area (Å²) in [4.78, 5) is 13.4. The Balaban J connectivity index is 2.48. The first-order valence-electron chi connectivity index (χ1n) is 4.94. The molecule has 1 aromatic carbocycles. The fourth-order valence-corrected chi connectivity index (χ4v) is 1.50. The molecule has 5 heteroatoms. The second-order valence-corrected chi connectivity index (χ2v) is 3.46. The molecular weight excluding hydrogens is 220 g/mol. The summed E-state index contributed by atoms with van der Waals surface area (Å²) >= 11 is 0. The molecule has 86 valence electrons. The molecule has 0 N–H and O–H groups in total. The quantitative estimate of drug-likeness (QED) is 0.600. The number of carbonyl (C=O) groups excluding carboxylic acids is 1. The molecule has 0 aliphatic rings. The van der Waals surface area contributed by atoms with E-state index in [-0.39, 0.29) is 5.88 Å². The van der Waals surface area contributed by atoms with Gasteiger partial charge >= 0.3 is 0 Å². The van der Waals surface area contributed by atoms with Crippen molar-refractivity contribution in [3.8, 4) is 17.0 Å². The van der Waals surface area contributed by atoms with Crippen molar-refractivity contribution < 1.29 is 14.1 Å². The van der Waals surface area contributed by atoms with Crippen LogP contribution in [0.25, 0.3) is 11.3 Å². The zero-order valence-electron chi connectivity index (χ0n) is 9.43. The molecule has 1 aromatic heterocycles. The molecule has 0 saturated heterocycles. The van der Waals surface area contributed by atoms with Crippen molar-refractivity contribution in [2.24, 2.45) is 4.99 Å². The largest absolute Gasteiger partial charge is 0.496 e. The van der Waals surface area contributed by atoms with E-state index >= 15 is 0 Å². The van der Waals surface area contributed by atoms with E-state index in [1.807, 2.05) is 25.1 Å². The maximum atomic E-state index is 10.1. The summed E-state index contributed by atoms with van der Waals surface area (Å²) in [7, 11) is 1.59. The second kappa shape index (κ2) is 4.63. The summed E-state index contributed by atoms with van der Waals surface area (Å²) < 4.78 is 10.1. The minimum Gasteiger partial charge on any atom is -0.496 e. The second-order valence-electron chi connectivity index (χ2n) is 3.46. The minimum atomic E-state index is 0.123. The Morgan fingerprint density at radius 2 is 2.24 bits per heavy atom. The number of benzene rings is 1. The van der Waals surface area contributed by atoms with Crippen molar-refractivity contribution in [1.29, 1.82) is 0 Å². The van der Waals surface area contributed by atoms with E-state index in [9.17, 15) is 4.79 Å². The number of aryl methyl sites for hydroxylation is 1. The van der Waals surface area contributed by atoms with Gasteiger partial charge in [0.15, 0.2) is 0 Å². The first kappa shape index (κ1) is 11.1. The zero-order valence-corrected chi connectivity index (χ0v) is 9.43. The van der Waals surface area contributed by atoms with Gasteiger partial charge in [0, 0.05) is 11.6 Å². The summed E-state index contributed by atoms with van der Waals surface area (Å²) in [6.45, 7) is 1.97. The van der Waals surface area contributed by atoms with Gasteiger partial charge in [0.25, 0.3) is 5.88 Å². The van der Waals surface area contributed by atoms with Crippen LogP contribution in [-0.4, -0.2) is 18.3 Å². The number of hydrogen-bond donors (Lipinski definition) is 0. The Bertz CT molecular complexity index is 583. The number of isocyanates is 1. The van der Waals surface area contributed by atoms with Crippen molar-refractivity contribution in [2.45, 2.75) is 6.92 Å². The zero-order chi connectivity index (χ0) is 12.3. The van der Waals surface area contributed by atoms with E-state index in [2.05, 4.69) is 10.1 Å². The van der Waals surface area contributed by atoms with E-state index in [4.69, 9.17) is 9.26 Å². The smallest absolute Gasteiger partial charge is 0.261 e. The van der Waals surface area contributed by atoms with Gasteiger partial charge in [-0.15, -0.1) is 4.99 Å². The van der Waals surface area contributed by atoms with Crippen LogP contribution in [0.4, 0.5) is 5.88 Å². The molecule has 0 atom stereocenters.